The average Bonchev–Trinajstić information content (AvgIpc) is 3.19. The number of hydrogen-bond acceptors (Lipinski definition) is 5. The number of nitrogens with one attached hydrogen (secondary N) is 2. The third-order valence-electron chi connectivity index (χ3n) is 5.58. The van der Waals surface area contributed by atoms with Crippen molar-refractivity contribution in [3.63, 3.8) is 0 Å². The summed E-state index contributed by atoms with van der Waals surface area (Å²) in [5, 5.41) is 16.9. The molecule has 154 valence electrons. The van der Waals surface area contributed by atoms with Crippen molar-refractivity contribution < 1.29 is 14.3 Å². The van der Waals surface area contributed by atoms with Crippen LogP contribution in [0.15, 0.2) is 39.7 Å². The van der Waals surface area contributed by atoms with Crippen LogP contribution in [-0.2, 0) is 7.05 Å². The maximum atomic E-state index is 14.2. The summed E-state index contributed by atoms with van der Waals surface area (Å²) < 4.78 is 16.1. The fourth-order valence-electron chi connectivity index (χ4n) is 3.93. The van der Waals surface area contributed by atoms with Gasteiger partial charge in [0.15, 0.2) is 0 Å². The van der Waals surface area contributed by atoms with E-state index in [1.54, 1.807) is 18.0 Å². The molecule has 7 nitrogen and oxygen atoms in total. The van der Waals surface area contributed by atoms with E-state index in [9.17, 15) is 19.1 Å². The Morgan fingerprint density at radius 1 is 1.34 bits per heavy atom. The summed E-state index contributed by atoms with van der Waals surface area (Å²) in [6, 6.07) is 5.76. The fourth-order valence-corrected chi connectivity index (χ4v) is 4.27. The van der Waals surface area contributed by atoms with Crippen LogP contribution in [0.2, 0.25) is 0 Å². The molecule has 2 saturated heterocycles. The first-order valence-electron chi connectivity index (χ1n) is 9.45. The van der Waals surface area contributed by atoms with Crippen molar-refractivity contribution in [2.45, 2.75) is 24.5 Å². The van der Waals surface area contributed by atoms with Gasteiger partial charge in [-0.3, -0.25) is 9.59 Å². The van der Waals surface area contributed by atoms with Gasteiger partial charge >= 0.3 is 0 Å². The van der Waals surface area contributed by atoms with Crippen molar-refractivity contribution in [3.05, 3.63) is 56.7 Å². The second-order valence-corrected chi connectivity index (χ2v) is 8.63. The predicted molar refractivity (Wildman–Crippen MR) is 111 cm³/mol. The summed E-state index contributed by atoms with van der Waals surface area (Å²) in [5.41, 5.74) is -0.620. The minimum Gasteiger partial charge on any atom is -0.385 e. The summed E-state index contributed by atoms with van der Waals surface area (Å²) in [5.74, 6) is -0.827. The van der Waals surface area contributed by atoms with Gasteiger partial charge in [0.05, 0.1) is 30.0 Å². The lowest BCUT2D eigenvalue weighted by molar-refractivity contribution is -0.100. The number of β-amino-alcohol motifs (C(OH)–C–C–N with tert-alkyl or cyclic N) is 1. The van der Waals surface area contributed by atoms with Crippen LogP contribution >= 0.6 is 15.9 Å². The van der Waals surface area contributed by atoms with Gasteiger partial charge in [-0.15, -0.1) is 0 Å². The number of benzene rings is 1. The number of likely N-dealkylation sites (tertiary alicyclic amines) is 1. The molecule has 0 saturated carbocycles. The number of carbonyl (C=O) groups excluding carboxylic acids is 1. The van der Waals surface area contributed by atoms with Gasteiger partial charge in [-0.25, -0.2) is 4.39 Å². The van der Waals surface area contributed by atoms with Crippen LogP contribution in [0.3, 0.4) is 0 Å². The van der Waals surface area contributed by atoms with E-state index in [-0.39, 0.29) is 47.5 Å². The van der Waals surface area contributed by atoms with Gasteiger partial charge in [-0.2, -0.15) is 0 Å². The van der Waals surface area contributed by atoms with Crippen molar-refractivity contribution in [3.8, 4) is 0 Å². The highest BCUT2D eigenvalue weighted by atomic mass is 79.9. The fraction of sp³-hybridized carbons (Fsp3) is 0.400. The molecule has 0 aliphatic carbocycles. The Kier molecular flexibility index (Phi) is 5.22. The largest absolute Gasteiger partial charge is 0.385 e. The Balaban J connectivity index is 1.59. The highest BCUT2D eigenvalue weighted by Crippen LogP contribution is 2.32. The lowest BCUT2D eigenvalue weighted by atomic mass is 9.84. The Morgan fingerprint density at radius 2 is 2.10 bits per heavy atom. The summed E-state index contributed by atoms with van der Waals surface area (Å²) in [4.78, 5) is 26.7. The van der Waals surface area contributed by atoms with Gasteiger partial charge in [0.1, 0.15) is 11.4 Å². The Morgan fingerprint density at radius 3 is 2.76 bits per heavy atom. The number of aromatic nitrogens is 1. The van der Waals surface area contributed by atoms with Gasteiger partial charge in [-0.1, -0.05) is 15.9 Å². The maximum Gasteiger partial charge on any atom is 0.257 e. The smallest absolute Gasteiger partial charge is 0.257 e. The van der Waals surface area contributed by atoms with Crippen molar-refractivity contribution in [1.29, 1.82) is 0 Å². The van der Waals surface area contributed by atoms with Crippen LogP contribution in [0.1, 0.15) is 23.2 Å². The van der Waals surface area contributed by atoms with Crippen molar-refractivity contribution >= 4 is 33.2 Å². The molecule has 1 aromatic heterocycles. The molecule has 0 radical (unpaired) electrons. The second kappa shape index (κ2) is 7.55. The van der Waals surface area contributed by atoms with Crippen LogP contribution in [0.4, 0.5) is 15.8 Å². The topological polar surface area (TPSA) is 86.6 Å². The Hall–Kier alpha value is -2.23. The third kappa shape index (κ3) is 3.82. The van der Waals surface area contributed by atoms with E-state index in [1.165, 1.54) is 29.0 Å². The molecule has 2 aliphatic heterocycles. The van der Waals surface area contributed by atoms with Gasteiger partial charge in [-0.05, 0) is 37.6 Å². The summed E-state index contributed by atoms with van der Waals surface area (Å²) in [6.45, 7) is 1.31. The molecular formula is C20H22BrFN4O3. The summed E-state index contributed by atoms with van der Waals surface area (Å²) in [7, 11) is 1.55. The van der Waals surface area contributed by atoms with Crippen LogP contribution in [0.5, 0.6) is 0 Å². The first-order valence-corrected chi connectivity index (χ1v) is 10.2. The first kappa shape index (κ1) is 20.1. The number of carbonyl (C=O) groups is 1. The molecule has 4 rings (SSSR count). The van der Waals surface area contributed by atoms with Gasteiger partial charge in [0.2, 0.25) is 0 Å². The average molecular weight is 465 g/mol. The van der Waals surface area contributed by atoms with E-state index in [4.69, 9.17) is 0 Å². The zero-order valence-electron chi connectivity index (χ0n) is 15.9. The van der Waals surface area contributed by atoms with Crippen LogP contribution < -0.4 is 16.2 Å². The number of amides is 1. The van der Waals surface area contributed by atoms with Crippen molar-refractivity contribution in [2.75, 3.05) is 25.0 Å². The third-order valence-corrected chi connectivity index (χ3v) is 6.08. The lowest BCUT2D eigenvalue weighted by Crippen LogP contribution is -2.70. The van der Waals surface area contributed by atoms with Gasteiger partial charge in [0, 0.05) is 29.8 Å². The number of nitrogens with zero attached hydrogens (tertiary/aromatic N) is 2. The van der Waals surface area contributed by atoms with E-state index >= 15 is 0 Å². The zero-order valence-corrected chi connectivity index (χ0v) is 17.5. The first-order chi connectivity index (χ1) is 13.8. The van der Waals surface area contributed by atoms with Crippen LogP contribution in [-0.4, -0.2) is 51.8 Å². The maximum absolute atomic E-state index is 14.2. The van der Waals surface area contributed by atoms with E-state index in [0.29, 0.717) is 4.47 Å². The highest BCUT2D eigenvalue weighted by Gasteiger charge is 2.50. The Labute approximate surface area is 175 Å². The monoisotopic (exact) mass is 464 g/mol. The van der Waals surface area contributed by atoms with Gasteiger partial charge < -0.3 is 25.2 Å². The predicted octanol–water partition coefficient (Wildman–Crippen LogP) is 1.97. The number of aliphatic hydroxyl groups is 1. The van der Waals surface area contributed by atoms with Crippen LogP contribution in [0, 0.1) is 5.82 Å². The molecule has 2 aliphatic rings. The lowest BCUT2D eigenvalue weighted by Gasteiger charge is -2.49. The standard InChI is InChI=1S/C20H22BrFN4O3/c1-25-9-13(19(28)26-10-20(29,11-26)17-3-2-6-23-17)16(8-18(25)27)24-15-5-4-12(21)7-14(15)22/h4-5,7-9,17,23-24,29H,2-3,6,10-11H2,1H3. The summed E-state index contributed by atoms with van der Waals surface area (Å²) >= 11 is 3.20. The molecular weight excluding hydrogens is 443 g/mol. The van der Waals surface area contributed by atoms with E-state index in [0.717, 1.165) is 19.4 Å². The molecule has 0 spiro atoms. The van der Waals surface area contributed by atoms with Gasteiger partial charge in [0.25, 0.3) is 11.5 Å². The number of pyridine rings is 1. The zero-order chi connectivity index (χ0) is 20.8. The molecule has 1 atom stereocenters. The number of anilines is 2. The second-order valence-electron chi connectivity index (χ2n) is 7.71. The molecule has 29 heavy (non-hydrogen) atoms. The molecule has 1 unspecified atom stereocenters. The van der Waals surface area contributed by atoms with Crippen molar-refractivity contribution in [1.82, 2.24) is 14.8 Å². The van der Waals surface area contributed by atoms with E-state index in [2.05, 4.69) is 26.6 Å². The molecule has 3 heterocycles. The van der Waals surface area contributed by atoms with Crippen molar-refractivity contribution in [2.24, 2.45) is 7.05 Å². The molecule has 3 N–H and O–H groups in total. The molecule has 2 fully saturated rings. The summed E-state index contributed by atoms with van der Waals surface area (Å²) in [6.07, 6.45) is 3.33. The molecule has 9 heteroatoms. The number of rotatable bonds is 4. The molecule has 2 aromatic rings. The number of aryl methyl sites for hydroxylation is 1. The number of halogens is 2. The van der Waals surface area contributed by atoms with E-state index < -0.39 is 11.4 Å². The Bertz CT molecular complexity index is 1010. The molecule has 1 aromatic carbocycles. The van der Waals surface area contributed by atoms with E-state index in [1.807, 2.05) is 0 Å². The SMILES string of the molecule is Cn1cc(C(=O)N2CC(O)(C3CCCN3)C2)c(Nc2ccc(Br)cc2F)cc1=O. The quantitative estimate of drug-likeness (QED) is 0.643. The highest BCUT2D eigenvalue weighted by molar-refractivity contribution is 9.10. The molecule has 1 amide bonds. The minimum absolute atomic E-state index is 0.0128. The normalized spacial score (nSPS) is 20.4. The minimum atomic E-state index is -0.932. The van der Waals surface area contributed by atoms with Crippen LogP contribution in [0.25, 0.3) is 0 Å². The number of hydrogen-bond donors (Lipinski definition) is 3. The molecule has 0 bridgehead atoms.